The predicted octanol–water partition coefficient (Wildman–Crippen LogP) is -1.41. The van der Waals surface area contributed by atoms with E-state index in [1.807, 2.05) is 0 Å². The first-order valence-corrected chi connectivity index (χ1v) is 2.06. The Labute approximate surface area is 45.9 Å². The fraction of sp³-hybridized carbons (Fsp3) is 0. The summed E-state index contributed by atoms with van der Waals surface area (Å²) in [5.74, 6) is 0.481. The molecule has 0 aliphatic carbocycles. The summed E-state index contributed by atoms with van der Waals surface area (Å²) in [4.78, 5) is 0. The Kier molecular flexibility index (Phi) is 0.828. The zero-order valence-corrected chi connectivity index (χ0v) is 4.27. The number of nitrogens with zero attached hydrogens (tertiary/aromatic N) is 2. The second-order valence-corrected chi connectivity index (χ2v) is 1.47. The standard InChI is InChI=1S/C2H4N4S/c3-2-1-6(7)5-4-2/h1,4H,3H2. The van der Waals surface area contributed by atoms with Gasteiger partial charge in [0, 0.05) is 0 Å². The first-order valence-electron chi connectivity index (χ1n) is 1.69. The molecule has 0 amide bonds. The van der Waals surface area contributed by atoms with Gasteiger partial charge in [-0.25, -0.2) is 4.09 Å². The quantitative estimate of drug-likeness (QED) is 0.323. The number of nitrogens with one attached hydrogen (secondary N) is 1. The maximum Gasteiger partial charge on any atom is 0.250 e. The lowest BCUT2D eigenvalue weighted by molar-refractivity contribution is -0.563. The molecule has 38 valence electrons. The summed E-state index contributed by atoms with van der Waals surface area (Å²) in [5, 5.41) is 5.95. The van der Waals surface area contributed by atoms with Crippen LogP contribution in [0.1, 0.15) is 0 Å². The Bertz CT molecular complexity index is 142. The normalized spacial score (nSPS) is 9.14. The lowest BCUT2D eigenvalue weighted by atomic mass is 10.8. The van der Waals surface area contributed by atoms with Crippen LogP contribution < -0.4 is 9.82 Å². The Morgan fingerprint density at radius 2 is 2.71 bits per heavy atom. The Morgan fingerprint density at radius 1 is 2.00 bits per heavy atom. The first-order chi connectivity index (χ1) is 3.29. The summed E-state index contributed by atoms with van der Waals surface area (Å²) < 4.78 is 1.19. The van der Waals surface area contributed by atoms with Crippen LogP contribution in [0.4, 0.5) is 5.82 Å². The van der Waals surface area contributed by atoms with E-state index in [1.165, 1.54) is 10.3 Å². The van der Waals surface area contributed by atoms with Crippen molar-refractivity contribution in [1.82, 2.24) is 10.3 Å². The van der Waals surface area contributed by atoms with Gasteiger partial charge in [-0.15, -0.1) is 5.10 Å². The highest BCUT2D eigenvalue weighted by atomic mass is 32.1. The Morgan fingerprint density at radius 3 is 2.86 bits per heavy atom. The molecule has 1 rings (SSSR count). The largest absolute Gasteiger partial charge is 0.527 e. The molecule has 1 aromatic rings. The molecule has 5 heteroatoms. The monoisotopic (exact) mass is 116 g/mol. The fourth-order valence-electron chi connectivity index (χ4n) is 0.284. The van der Waals surface area contributed by atoms with E-state index in [9.17, 15) is 0 Å². The molecule has 1 aromatic heterocycles. The molecule has 0 radical (unpaired) electrons. The summed E-state index contributed by atoms with van der Waals surface area (Å²) >= 11 is 4.53. The number of anilines is 1. The average molecular weight is 116 g/mol. The minimum absolute atomic E-state index is 0.481. The number of rotatable bonds is 0. The topological polar surface area (TPSA) is 58.6 Å². The van der Waals surface area contributed by atoms with E-state index in [0.29, 0.717) is 5.82 Å². The van der Waals surface area contributed by atoms with Crippen molar-refractivity contribution in [2.24, 2.45) is 0 Å². The minimum Gasteiger partial charge on any atom is -0.527 e. The number of aromatic nitrogens is 3. The molecule has 3 N–H and O–H groups in total. The van der Waals surface area contributed by atoms with E-state index >= 15 is 0 Å². The van der Waals surface area contributed by atoms with Crippen molar-refractivity contribution >= 4 is 18.6 Å². The summed E-state index contributed by atoms with van der Waals surface area (Å²) in [7, 11) is 0. The lowest BCUT2D eigenvalue weighted by Crippen LogP contribution is -2.26. The summed E-state index contributed by atoms with van der Waals surface area (Å²) in [6, 6.07) is 0. The van der Waals surface area contributed by atoms with Gasteiger partial charge in [0.15, 0.2) is 6.20 Å². The van der Waals surface area contributed by atoms with Gasteiger partial charge in [0.1, 0.15) is 0 Å². The SMILES string of the molecule is Nc1c[n+]([S-])n[nH]1. The molecule has 0 aliphatic rings. The molecule has 0 fully saturated rings. The first kappa shape index (κ1) is 4.32. The molecule has 0 saturated carbocycles. The van der Waals surface area contributed by atoms with Gasteiger partial charge in [0.05, 0.1) is 5.21 Å². The maximum absolute atomic E-state index is 5.17. The number of hydrogen-bond acceptors (Lipinski definition) is 3. The van der Waals surface area contributed by atoms with E-state index in [1.54, 1.807) is 0 Å². The van der Waals surface area contributed by atoms with E-state index in [2.05, 4.69) is 23.1 Å². The van der Waals surface area contributed by atoms with Gasteiger partial charge in [-0.3, -0.25) is 0 Å². The third-order valence-corrected chi connectivity index (χ3v) is 0.714. The molecule has 0 spiro atoms. The molecule has 0 aliphatic heterocycles. The van der Waals surface area contributed by atoms with Crippen molar-refractivity contribution < 1.29 is 4.09 Å². The molecule has 0 aromatic carbocycles. The minimum atomic E-state index is 0.481. The number of nitrogens with two attached hydrogens (primary N) is 1. The van der Waals surface area contributed by atoms with Crippen molar-refractivity contribution in [2.45, 2.75) is 0 Å². The van der Waals surface area contributed by atoms with Crippen molar-refractivity contribution in [2.75, 3.05) is 5.73 Å². The molecule has 0 atom stereocenters. The van der Waals surface area contributed by atoms with Crippen LogP contribution in [0.5, 0.6) is 0 Å². The highest BCUT2D eigenvalue weighted by Crippen LogP contribution is 1.79. The number of aromatic amines is 1. The van der Waals surface area contributed by atoms with E-state index in [4.69, 9.17) is 5.73 Å². The zero-order chi connectivity index (χ0) is 5.28. The second-order valence-electron chi connectivity index (χ2n) is 1.10. The van der Waals surface area contributed by atoms with Crippen LogP contribution in [0.25, 0.3) is 0 Å². The van der Waals surface area contributed by atoms with Crippen molar-refractivity contribution in [3.05, 3.63) is 6.20 Å². The van der Waals surface area contributed by atoms with Crippen LogP contribution in [-0.2, 0) is 12.8 Å². The molecule has 4 nitrogen and oxygen atoms in total. The predicted molar refractivity (Wildman–Crippen MR) is 26.0 cm³/mol. The lowest BCUT2D eigenvalue weighted by Gasteiger charge is -1.82. The van der Waals surface area contributed by atoms with Gasteiger partial charge in [0.25, 0.3) is 5.82 Å². The smallest absolute Gasteiger partial charge is 0.250 e. The summed E-state index contributed by atoms with van der Waals surface area (Å²) in [6.07, 6.45) is 1.51. The third-order valence-electron chi connectivity index (χ3n) is 0.527. The molecule has 0 saturated heterocycles. The third kappa shape index (κ3) is 0.774. The second kappa shape index (κ2) is 1.34. The highest BCUT2D eigenvalue weighted by molar-refractivity contribution is 7.50. The van der Waals surface area contributed by atoms with Gasteiger partial charge >= 0.3 is 0 Å². The van der Waals surface area contributed by atoms with Gasteiger partial charge in [0.2, 0.25) is 0 Å². The molecule has 0 bridgehead atoms. The molecular weight excluding hydrogens is 112 g/mol. The molecule has 1 heterocycles. The molecule has 0 unspecified atom stereocenters. The van der Waals surface area contributed by atoms with Crippen LogP contribution in [0, 0.1) is 0 Å². The summed E-state index contributed by atoms with van der Waals surface area (Å²) in [5.41, 5.74) is 5.17. The fourth-order valence-corrected chi connectivity index (χ4v) is 0.438. The van der Waals surface area contributed by atoms with Gasteiger partial charge in [-0.05, 0) is 0 Å². The van der Waals surface area contributed by atoms with Crippen molar-refractivity contribution in [3.63, 3.8) is 0 Å². The Hall–Kier alpha value is -0.840. The molecule has 7 heavy (non-hydrogen) atoms. The zero-order valence-electron chi connectivity index (χ0n) is 3.46. The van der Waals surface area contributed by atoms with Crippen molar-refractivity contribution in [1.29, 1.82) is 0 Å². The van der Waals surface area contributed by atoms with Crippen molar-refractivity contribution in [3.8, 4) is 0 Å². The Balaban J connectivity index is 3.04. The van der Waals surface area contributed by atoms with Gasteiger partial charge in [-0.1, -0.05) is 0 Å². The summed E-state index contributed by atoms with van der Waals surface area (Å²) in [6.45, 7) is 0. The average Bonchev–Trinajstić information content (AvgIpc) is 1.87. The highest BCUT2D eigenvalue weighted by Gasteiger charge is 1.88. The number of hydrogen-bond donors (Lipinski definition) is 2. The van der Waals surface area contributed by atoms with Gasteiger partial charge < -0.3 is 18.5 Å². The van der Waals surface area contributed by atoms with E-state index < -0.39 is 0 Å². The van der Waals surface area contributed by atoms with Crippen LogP contribution in [-0.4, -0.2) is 10.3 Å². The number of H-pyrrole nitrogens is 1. The maximum atomic E-state index is 5.17. The van der Waals surface area contributed by atoms with E-state index in [0.717, 1.165) is 0 Å². The molecular formula is C2H4N4S. The number of nitrogen functional groups attached to an aromatic ring is 1. The van der Waals surface area contributed by atoms with Crippen LogP contribution in [0.3, 0.4) is 0 Å². The van der Waals surface area contributed by atoms with E-state index in [-0.39, 0.29) is 0 Å². The van der Waals surface area contributed by atoms with Crippen LogP contribution in [0.2, 0.25) is 0 Å². The van der Waals surface area contributed by atoms with Crippen LogP contribution >= 0.6 is 0 Å². The van der Waals surface area contributed by atoms with Gasteiger partial charge in [-0.2, -0.15) is 0 Å². The van der Waals surface area contributed by atoms with Crippen LogP contribution in [0.15, 0.2) is 6.20 Å².